The fraction of sp³-hybridized carbons (Fsp3) is 0.571. The van der Waals surface area contributed by atoms with Gasteiger partial charge in [-0.1, -0.05) is 31.5 Å². The Balaban J connectivity index is 2.12. The van der Waals surface area contributed by atoms with Crippen LogP contribution in [0.15, 0.2) is 18.2 Å². The molecule has 0 amide bonds. The van der Waals surface area contributed by atoms with Crippen LogP contribution in [0.1, 0.15) is 49.3 Å². The summed E-state index contributed by atoms with van der Waals surface area (Å²) in [6.45, 7) is 2.26. The van der Waals surface area contributed by atoms with Gasteiger partial charge >= 0.3 is 0 Å². The van der Waals surface area contributed by atoms with Gasteiger partial charge in [-0.05, 0) is 55.2 Å². The van der Waals surface area contributed by atoms with Gasteiger partial charge in [0.2, 0.25) is 0 Å². The predicted molar refractivity (Wildman–Crippen MR) is 61.7 cm³/mol. The SMILES string of the molecule is CCCCc1ccc2c(c1)CCCC2. The third-order valence-electron chi connectivity index (χ3n) is 3.23. The van der Waals surface area contributed by atoms with E-state index in [-0.39, 0.29) is 0 Å². The Bertz CT molecular complexity index is 299. The third-order valence-corrected chi connectivity index (χ3v) is 3.23. The average Bonchev–Trinajstić information content (AvgIpc) is 2.26. The summed E-state index contributed by atoms with van der Waals surface area (Å²) in [5, 5.41) is 0. The van der Waals surface area contributed by atoms with Crippen molar-refractivity contribution >= 4 is 0 Å². The summed E-state index contributed by atoms with van der Waals surface area (Å²) in [5.41, 5.74) is 4.79. The number of hydrogen-bond donors (Lipinski definition) is 0. The van der Waals surface area contributed by atoms with E-state index in [0.29, 0.717) is 0 Å². The molecule has 0 unspecified atom stereocenters. The van der Waals surface area contributed by atoms with Gasteiger partial charge in [-0.15, -0.1) is 0 Å². The molecule has 0 heteroatoms. The second-order valence-corrected chi connectivity index (χ2v) is 4.41. The van der Waals surface area contributed by atoms with E-state index in [1.165, 1.54) is 44.9 Å². The summed E-state index contributed by atoms with van der Waals surface area (Å²) in [7, 11) is 0. The van der Waals surface area contributed by atoms with Crippen molar-refractivity contribution in [3.63, 3.8) is 0 Å². The van der Waals surface area contributed by atoms with Gasteiger partial charge in [0.25, 0.3) is 0 Å². The average molecular weight is 188 g/mol. The van der Waals surface area contributed by atoms with E-state index >= 15 is 0 Å². The number of hydrogen-bond acceptors (Lipinski definition) is 0. The van der Waals surface area contributed by atoms with Crippen molar-refractivity contribution in [1.29, 1.82) is 0 Å². The highest BCUT2D eigenvalue weighted by molar-refractivity contribution is 5.33. The molecular formula is C14H20. The highest BCUT2D eigenvalue weighted by Gasteiger charge is 2.08. The first kappa shape index (κ1) is 9.76. The van der Waals surface area contributed by atoms with E-state index in [1.807, 2.05) is 0 Å². The van der Waals surface area contributed by atoms with Gasteiger partial charge in [0.15, 0.2) is 0 Å². The molecule has 1 aromatic carbocycles. The van der Waals surface area contributed by atoms with Crippen molar-refractivity contribution in [2.75, 3.05) is 0 Å². The zero-order valence-corrected chi connectivity index (χ0v) is 9.18. The lowest BCUT2D eigenvalue weighted by Gasteiger charge is -2.16. The van der Waals surface area contributed by atoms with Crippen LogP contribution in [-0.4, -0.2) is 0 Å². The van der Waals surface area contributed by atoms with Crippen LogP contribution in [0.25, 0.3) is 0 Å². The highest BCUT2D eigenvalue weighted by Crippen LogP contribution is 2.22. The summed E-state index contributed by atoms with van der Waals surface area (Å²) in [5.74, 6) is 0. The monoisotopic (exact) mass is 188 g/mol. The van der Waals surface area contributed by atoms with Crippen molar-refractivity contribution in [3.05, 3.63) is 34.9 Å². The minimum absolute atomic E-state index is 1.27. The van der Waals surface area contributed by atoms with Crippen LogP contribution in [-0.2, 0) is 19.3 Å². The highest BCUT2D eigenvalue weighted by atomic mass is 14.1. The second-order valence-electron chi connectivity index (χ2n) is 4.41. The summed E-state index contributed by atoms with van der Waals surface area (Å²) in [6, 6.07) is 7.14. The fourth-order valence-corrected chi connectivity index (χ4v) is 2.32. The second kappa shape index (κ2) is 4.63. The van der Waals surface area contributed by atoms with Crippen LogP contribution in [0.3, 0.4) is 0 Å². The molecule has 0 heterocycles. The minimum atomic E-state index is 1.27. The molecule has 1 aliphatic rings. The van der Waals surface area contributed by atoms with Gasteiger partial charge in [0.05, 0.1) is 0 Å². The van der Waals surface area contributed by atoms with Crippen molar-refractivity contribution < 1.29 is 0 Å². The third kappa shape index (κ3) is 2.17. The first-order valence-electron chi connectivity index (χ1n) is 6.01. The molecule has 0 fully saturated rings. The van der Waals surface area contributed by atoms with E-state index in [4.69, 9.17) is 0 Å². The maximum Gasteiger partial charge on any atom is -0.0276 e. The standard InChI is InChI=1S/C14H20/c1-2-3-6-12-9-10-13-7-4-5-8-14(13)11-12/h9-11H,2-8H2,1H3. The van der Waals surface area contributed by atoms with Crippen LogP contribution < -0.4 is 0 Å². The molecule has 0 bridgehead atoms. The molecule has 14 heavy (non-hydrogen) atoms. The van der Waals surface area contributed by atoms with Crippen molar-refractivity contribution in [2.24, 2.45) is 0 Å². The maximum absolute atomic E-state index is 2.45. The Morgan fingerprint density at radius 3 is 2.64 bits per heavy atom. The molecule has 0 N–H and O–H groups in total. The lowest BCUT2D eigenvalue weighted by Crippen LogP contribution is -2.03. The lowest BCUT2D eigenvalue weighted by molar-refractivity contribution is 0.683. The van der Waals surface area contributed by atoms with E-state index in [1.54, 1.807) is 16.7 Å². The molecule has 1 aromatic rings. The molecule has 0 saturated carbocycles. The molecule has 0 spiro atoms. The van der Waals surface area contributed by atoms with E-state index in [9.17, 15) is 0 Å². The van der Waals surface area contributed by atoms with Gasteiger partial charge in [-0.3, -0.25) is 0 Å². The molecule has 0 aromatic heterocycles. The molecule has 0 radical (unpaired) electrons. The van der Waals surface area contributed by atoms with Gasteiger partial charge in [-0.2, -0.15) is 0 Å². The molecule has 0 aliphatic heterocycles. The topological polar surface area (TPSA) is 0 Å². The number of aryl methyl sites for hydroxylation is 3. The Kier molecular flexibility index (Phi) is 3.23. The quantitative estimate of drug-likeness (QED) is 0.674. The van der Waals surface area contributed by atoms with Crippen LogP contribution in [0.5, 0.6) is 0 Å². The van der Waals surface area contributed by atoms with Crippen molar-refractivity contribution in [1.82, 2.24) is 0 Å². The fourth-order valence-electron chi connectivity index (χ4n) is 2.32. The minimum Gasteiger partial charge on any atom is -0.0654 e. The summed E-state index contributed by atoms with van der Waals surface area (Å²) < 4.78 is 0. The van der Waals surface area contributed by atoms with Crippen LogP contribution >= 0.6 is 0 Å². The largest absolute Gasteiger partial charge is 0.0654 e. The summed E-state index contributed by atoms with van der Waals surface area (Å²) in [6.07, 6.45) is 9.31. The van der Waals surface area contributed by atoms with E-state index in [2.05, 4.69) is 25.1 Å². The normalized spacial score (nSPS) is 15.2. The smallest absolute Gasteiger partial charge is 0.0276 e. The first-order chi connectivity index (χ1) is 6.90. The molecule has 1 aliphatic carbocycles. The van der Waals surface area contributed by atoms with Gasteiger partial charge in [-0.25, -0.2) is 0 Å². The summed E-state index contributed by atoms with van der Waals surface area (Å²) >= 11 is 0. The van der Waals surface area contributed by atoms with Gasteiger partial charge in [0.1, 0.15) is 0 Å². The van der Waals surface area contributed by atoms with E-state index < -0.39 is 0 Å². The molecule has 2 rings (SSSR count). The zero-order chi connectivity index (χ0) is 9.80. The Labute approximate surface area is 87.3 Å². The number of benzene rings is 1. The number of unbranched alkanes of at least 4 members (excludes halogenated alkanes) is 1. The Morgan fingerprint density at radius 1 is 1.07 bits per heavy atom. The van der Waals surface area contributed by atoms with Crippen molar-refractivity contribution in [2.45, 2.75) is 51.9 Å². The zero-order valence-electron chi connectivity index (χ0n) is 9.18. The van der Waals surface area contributed by atoms with Gasteiger partial charge in [0, 0.05) is 0 Å². The van der Waals surface area contributed by atoms with Crippen molar-refractivity contribution in [3.8, 4) is 0 Å². The predicted octanol–water partition coefficient (Wildman–Crippen LogP) is 3.91. The molecule has 0 nitrogen and oxygen atoms in total. The molecule has 0 atom stereocenters. The summed E-state index contributed by atoms with van der Waals surface area (Å²) in [4.78, 5) is 0. The van der Waals surface area contributed by atoms with E-state index in [0.717, 1.165) is 0 Å². The van der Waals surface area contributed by atoms with Gasteiger partial charge < -0.3 is 0 Å². The molecule has 0 saturated heterocycles. The lowest BCUT2D eigenvalue weighted by atomic mass is 9.89. The molecular weight excluding hydrogens is 168 g/mol. The van der Waals surface area contributed by atoms with Crippen LogP contribution in [0.4, 0.5) is 0 Å². The first-order valence-corrected chi connectivity index (χ1v) is 6.01. The Morgan fingerprint density at radius 2 is 1.86 bits per heavy atom. The number of fused-ring (bicyclic) bond motifs is 1. The Hall–Kier alpha value is -0.780. The van der Waals surface area contributed by atoms with Crippen LogP contribution in [0, 0.1) is 0 Å². The molecule has 76 valence electrons. The maximum atomic E-state index is 2.45. The number of rotatable bonds is 3. The van der Waals surface area contributed by atoms with Crippen LogP contribution in [0.2, 0.25) is 0 Å².